The van der Waals surface area contributed by atoms with Crippen molar-refractivity contribution in [2.24, 2.45) is 11.5 Å². The standard InChI is InChI=1S/C17H20ClF2N7O/c1-8-4-5-9(7-10(8)18)23-15-12(14(22)28)26-27-16(25-15)24-11-3-2-6-17(19,20)13(11)21/h4-5,7,11,13H,2-3,6,21H2,1H3,(H2,22,28)(H2,23,24,25,27)/t11-,13-/m1/s1. The molecule has 2 atom stereocenters. The lowest BCUT2D eigenvalue weighted by Crippen LogP contribution is -2.55. The average Bonchev–Trinajstić information content (AvgIpc) is 2.62. The number of anilines is 3. The van der Waals surface area contributed by atoms with Crippen molar-refractivity contribution in [1.82, 2.24) is 15.2 Å². The van der Waals surface area contributed by atoms with Crippen LogP contribution in [0.25, 0.3) is 0 Å². The molecule has 1 aliphatic rings. The summed E-state index contributed by atoms with van der Waals surface area (Å²) in [5.74, 6) is -3.82. The van der Waals surface area contributed by atoms with Crippen LogP contribution >= 0.6 is 11.6 Å². The van der Waals surface area contributed by atoms with Gasteiger partial charge in [-0.05, 0) is 37.5 Å². The van der Waals surface area contributed by atoms with Crippen molar-refractivity contribution in [2.75, 3.05) is 10.6 Å². The first-order valence-electron chi connectivity index (χ1n) is 8.65. The Kier molecular flexibility index (Phi) is 5.61. The van der Waals surface area contributed by atoms with E-state index in [1.165, 1.54) is 0 Å². The van der Waals surface area contributed by atoms with E-state index in [2.05, 4.69) is 25.8 Å². The molecule has 1 saturated carbocycles. The Morgan fingerprint density at radius 3 is 2.79 bits per heavy atom. The summed E-state index contributed by atoms with van der Waals surface area (Å²) < 4.78 is 27.7. The lowest BCUT2D eigenvalue weighted by molar-refractivity contribution is -0.0555. The van der Waals surface area contributed by atoms with Crippen LogP contribution in [0.15, 0.2) is 18.2 Å². The van der Waals surface area contributed by atoms with Gasteiger partial charge in [-0.25, -0.2) is 8.78 Å². The number of amides is 1. The van der Waals surface area contributed by atoms with E-state index in [9.17, 15) is 13.6 Å². The maximum absolute atomic E-state index is 13.9. The fourth-order valence-corrected chi connectivity index (χ4v) is 3.15. The van der Waals surface area contributed by atoms with Gasteiger partial charge in [-0.3, -0.25) is 4.79 Å². The summed E-state index contributed by atoms with van der Waals surface area (Å²) in [6.07, 6.45) is 0.499. The minimum Gasteiger partial charge on any atom is -0.364 e. The highest BCUT2D eigenvalue weighted by molar-refractivity contribution is 6.31. The minimum absolute atomic E-state index is 0.0288. The van der Waals surface area contributed by atoms with Gasteiger partial charge in [0.2, 0.25) is 5.95 Å². The number of benzene rings is 1. The van der Waals surface area contributed by atoms with Crippen LogP contribution in [-0.4, -0.2) is 39.1 Å². The van der Waals surface area contributed by atoms with Crippen molar-refractivity contribution in [1.29, 1.82) is 0 Å². The van der Waals surface area contributed by atoms with Crippen LogP contribution in [-0.2, 0) is 0 Å². The summed E-state index contributed by atoms with van der Waals surface area (Å²) in [7, 11) is 0. The number of primary amides is 1. The number of halogens is 3. The fraction of sp³-hybridized carbons (Fsp3) is 0.412. The van der Waals surface area contributed by atoms with Crippen molar-refractivity contribution in [2.45, 2.75) is 44.2 Å². The van der Waals surface area contributed by atoms with Gasteiger partial charge in [-0.15, -0.1) is 10.2 Å². The lowest BCUT2D eigenvalue weighted by atomic mass is 9.87. The lowest BCUT2D eigenvalue weighted by Gasteiger charge is -2.35. The minimum atomic E-state index is -2.98. The Morgan fingerprint density at radius 1 is 1.36 bits per heavy atom. The molecule has 0 unspecified atom stereocenters. The monoisotopic (exact) mass is 411 g/mol. The Bertz CT molecular complexity index is 896. The summed E-state index contributed by atoms with van der Waals surface area (Å²) in [5.41, 5.74) is 12.2. The number of nitrogens with one attached hydrogen (secondary N) is 2. The van der Waals surface area contributed by atoms with Crippen molar-refractivity contribution < 1.29 is 13.6 Å². The summed E-state index contributed by atoms with van der Waals surface area (Å²) in [4.78, 5) is 15.8. The van der Waals surface area contributed by atoms with Gasteiger partial charge in [0.25, 0.3) is 11.8 Å². The van der Waals surface area contributed by atoms with E-state index in [1.807, 2.05) is 6.92 Å². The first-order chi connectivity index (χ1) is 13.2. The Morgan fingerprint density at radius 2 is 2.11 bits per heavy atom. The zero-order valence-electron chi connectivity index (χ0n) is 15.0. The highest BCUT2D eigenvalue weighted by Crippen LogP contribution is 2.33. The molecule has 1 aromatic carbocycles. The quantitative estimate of drug-likeness (QED) is 0.594. The van der Waals surface area contributed by atoms with Crippen molar-refractivity contribution in [3.8, 4) is 0 Å². The predicted octanol–water partition coefficient (Wildman–Crippen LogP) is 2.60. The van der Waals surface area contributed by atoms with E-state index in [-0.39, 0.29) is 23.9 Å². The van der Waals surface area contributed by atoms with Gasteiger partial charge in [0.15, 0.2) is 11.5 Å². The second kappa shape index (κ2) is 7.80. The Hall–Kier alpha value is -2.59. The average molecular weight is 412 g/mol. The zero-order chi connectivity index (χ0) is 20.5. The number of hydrogen-bond donors (Lipinski definition) is 4. The third-order valence-electron chi connectivity index (χ3n) is 4.62. The van der Waals surface area contributed by atoms with Crippen LogP contribution in [0.4, 0.5) is 26.2 Å². The molecule has 1 amide bonds. The van der Waals surface area contributed by atoms with Gasteiger partial charge < -0.3 is 22.1 Å². The topological polar surface area (TPSA) is 132 Å². The van der Waals surface area contributed by atoms with Crippen molar-refractivity contribution in [3.05, 3.63) is 34.5 Å². The second-order valence-corrected chi connectivity index (χ2v) is 7.12. The van der Waals surface area contributed by atoms with E-state index in [4.69, 9.17) is 23.1 Å². The third kappa shape index (κ3) is 4.28. The molecule has 3 rings (SSSR count). The molecule has 8 nitrogen and oxygen atoms in total. The van der Waals surface area contributed by atoms with Gasteiger partial charge in [-0.2, -0.15) is 4.98 Å². The molecule has 2 aromatic rings. The normalized spacial score (nSPS) is 21.2. The molecule has 0 radical (unpaired) electrons. The van der Waals surface area contributed by atoms with Crippen LogP contribution in [0.5, 0.6) is 0 Å². The van der Waals surface area contributed by atoms with Crippen LogP contribution in [0, 0.1) is 6.92 Å². The Labute approximate surface area is 165 Å². The first-order valence-corrected chi connectivity index (χ1v) is 9.03. The molecule has 1 fully saturated rings. The molecular weight excluding hydrogens is 392 g/mol. The third-order valence-corrected chi connectivity index (χ3v) is 5.02. The fourth-order valence-electron chi connectivity index (χ4n) is 2.97. The smallest absolute Gasteiger partial charge is 0.273 e. The van der Waals surface area contributed by atoms with E-state index in [1.54, 1.807) is 18.2 Å². The molecule has 0 spiro atoms. The second-order valence-electron chi connectivity index (χ2n) is 6.72. The highest BCUT2D eigenvalue weighted by Gasteiger charge is 2.45. The zero-order valence-corrected chi connectivity index (χ0v) is 15.8. The Balaban J connectivity index is 1.87. The van der Waals surface area contributed by atoms with Crippen LogP contribution in [0.2, 0.25) is 5.02 Å². The van der Waals surface area contributed by atoms with Gasteiger partial charge in [0.1, 0.15) is 0 Å². The highest BCUT2D eigenvalue weighted by atomic mass is 35.5. The van der Waals surface area contributed by atoms with Crippen molar-refractivity contribution >= 4 is 35.0 Å². The molecule has 0 bridgehead atoms. The molecule has 1 aliphatic carbocycles. The van der Waals surface area contributed by atoms with E-state index >= 15 is 0 Å². The number of rotatable bonds is 5. The number of carbonyl (C=O) groups is 1. The molecule has 150 valence electrons. The largest absolute Gasteiger partial charge is 0.364 e. The number of carbonyl (C=O) groups excluding carboxylic acids is 1. The van der Waals surface area contributed by atoms with Gasteiger partial charge in [0.05, 0.1) is 12.1 Å². The summed E-state index contributed by atoms with van der Waals surface area (Å²) in [6.45, 7) is 1.85. The molecule has 1 aromatic heterocycles. The van der Waals surface area contributed by atoms with Crippen LogP contribution in [0.3, 0.4) is 0 Å². The molecule has 28 heavy (non-hydrogen) atoms. The molecule has 11 heteroatoms. The predicted molar refractivity (Wildman–Crippen MR) is 102 cm³/mol. The number of aromatic nitrogens is 3. The maximum atomic E-state index is 13.9. The number of nitrogens with zero attached hydrogens (tertiary/aromatic N) is 3. The number of alkyl halides is 2. The summed E-state index contributed by atoms with van der Waals surface area (Å²) >= 11 is 6.11. The van der Waals surface area contributed by atoms with E-state index in [0.717, 1.165) is 5.56 Å². The molecule has 0 aliphatic heterocycles. The van der Waals surface area contributed by atoms with E-state index in [0.29, 0.717) is 23.6 Å². The van der Waals surface area contributed by atoms with Gasteiger partial charge >= 0.3 is 0 Å². The van der Waals surface area contributed by atoms with E-state index < -0.39 is 23.9 Å². The van der Waals surface area contributed by atoms with Crippen LogP contribution in [0.1, 0.15) is 35.3 Å². The SMILES string of the molecule is Cc1ccc(Nc2nc(N[C@@H]3CCCC(F)(F)[C@@H]3N)nnc2C(N)=O)cc1Cl. The molecule has 6 N–H and O–H groups in total. The van der Waals surface area contributed by atoms with Gasteiger partial charge in [0, 0.05) is 17.1 Å². The number of hydrogen-bond acceptors (Lipinski definition) is 7. The first kappa shape index (κ1) is 20.2. The maximum Gasteiger partial charge on any atom is 0.273 e. The molecular formula is C17H20ClF2N7O. The molecule has 0 saturated heterocycles. The summed E-state index contributed by atoms with van der Waals surface area (Å²) in [6, 6.07) is 3.05. The van der Waals surface area contributed by atoms with Crippen LogP contribution < -0.4 is 22.1 Å². The summed E-state index contributed by atoms with van der Waals surface area (Å²) in [5, 5.41) is 13.8. The molecule has 1 heterocycles. The number of nitrogens with two attached hydrogens (primary N) is 2. The number of aryl methyl sites for hydroxylation is 1. The van der Waals surface area contributed by atoms with Crippen molar-refractivity contribution in [3.63, 3.8) is 0 Å². The van der Waals surface area contributed by atoms with Gasteiger partial charge in [-0.1, -0.05) is 17.7 Å².